The van der Waals surface area contributed by atoms with Crippen LogP contribution in [0.3, 0.4) is 0 Å². The number of rotatable bonds is 2. The van der Waals surface area contributed by atoms with Gasteiger partial charge in [0.2, 0.25) is 5.95 Å². The third-order valence-electron chi connectivity index (χ3n) is 4.05. The number of halogens is 1. The van der Waals surface area contributed by atoms with Gasteiger partial charge >= 0.3 is 5.63 Å². The summed E-state index contributed by atoms with van der Waals surface area (Å²) in [5.74, 6) is 1.10. The van der Waals surface area contributed by atoms with Gasteiger partial charge in [-0.15, -0.1) is 0 Å². The van der Waals surface area contributed by atoms with Crippen molar-refractivity contribution in [1.82, 2.24) is 9.97 Å². The smallest absolute Gasteiger partial charge is 0.336 e. The maximum absolute atomic E-state index is 11.9. The van der Waals surface area contributed by atoms with Gasteiger partial charge in [0.05, 0.1) is 17.1 Å². The van der Waals surface area contributed by atoms with Crippen molar-refractivity contribution >= 4 is 28.5 Å². The lowest BCUT2D eigenvalue weighted by Gasteiger charge is -2.29. The SMILES string of the molecule is CCc1cc(=O)oc2c3c(c(Cl)cc12)OCN(c1ncccn1)C3. The number of ether oxygens (including phenoxy) is 1. The van der Waals surface area contributed by atoms with Gasteiger partial charge < -0.3 is 14.1 Å². The summed E-state index contributed by atoms with van der Waals surface area (Å²) in [5, 5.41) is 1.34. The Hall–Kier alpha value is -2.60. The normalized spacial score (nSPS) is 13.7. The highest BCUT2D eigenvalue weighted by Crippen LogP contribution is 2.39. The van der Waals surface area contributed by atoms with Gasteiger partial charge in [-0.3, -0.25) is 0 Å². The fourth-order valence-electron chi connectivity index (χ4n) is 2.93. The topological polar surface area (TPSA) is 68.5 Å². The summed E-state index contributed by atoms with van der Waals surface area (Å²) in [6.45, 7) is 2.72. The van der Waals surface area contributed by atoms with Crippen LogP contribution >= 0.6 is 11.6 Å². The molecular formula is C17H14ClN3O3. The van der Waals surface area contributed by atoms with Crippen LogP contribution in [-0.2, 0) is 13.0 Å². The number of nitrogens with zero attached hydrogens (tertiary/aromatic N) is 3. The van der Waals surface area contributed by atoms with E-state index in [4.69, 9.17) is 20.8 Å². The molecule has 122 valence electrons. The molecule has 1 aromatic carbocycles. The van der Waals surface area contributed by atoms with Crippen molar-refractivity contribution in [2.24, 2.45) is 0 Å². The minimum Gasteiger partial charge on any atom is -0.471 e. The molecule has 3 heterocycles. The van der Waals surface area contributed by atoms with Gasteiger partial charge in [-0.05, 0) is 24.1 Å². The van der Waals surface area contributed by atoms with Gasteiger partial charge in [0.25, 0.3) is 0 Å². The first-order chi connectivity index (χ1) is 11.7. The van der Waals surface area contributed by atoms with Crippen molar-refractivity contribution in [3.63, 3.8) is 0 Å². The van der Waals surface area contributed by atoms with E-state index < -0.39 is 0 Å². The second-order valence-corrected chi connectivity index (χ2v) is 5.91. The van der Waals surface area contributed by atoms with Crippen LogP contribution in [0.1, 0.15) is 18.1 Å². The minimum atomic E-state index is -0.378. The zero-order valence-corrected chi connectivity index (χ0v) is 13.7. The van der Waals surface area contributed by atoms with Crippen LogP contribution < -0.4 is 15.3 Å². The summed E-state index contributed by atoms with van der Waals surface area (Å²) in [6, 6.07) is 5.06. The van der Waals surface area contributed by atoms with E-state index >= 15 is 0 Å². The van der Waals surface area contributed by atoms with Crippen molar-refractivity contribution in [3.8, 4) is 5.75 Å². The Morgan fingerprint density at radius 2 is 2.08 bits per heavy atom. The molecule has 0 saturated carbocycles. The summed E-state index contributed by atoms with van der Waals surface area (Å²) in [5.41, 5.74) is 1.78. The number of aromatic nitrogens is 2. The van der Waals surface area contributed by atoms with Crippen LogP contribution in [0, 0.1) is 0 Å². The second kappa shape index (κ2) is 5.79. The van der Waals surface area contributed by atoms with E-state index in [0.29, 0.717) is 35.3 Å². The van der Waals surface area contributed by atoms with E-state index in [-0.39, 0.29) is 12.4 Å². The molecule has 0 aliphatic carbocycles. The number of benzene rings is 1. The monoisotopic (exact) mass is 343 g/mol. The first kappa shape index (κ1) is 15.0. The molecule has 0 unspecified atom stereocenters. The molecule has 2 aromatic heterocycles. The maximum Gasteiger partial charge on any atom is 0.336 e. The second-order valence-electron chi connectivity index (χ2n) is 5.51. The molecule has 3 aromatic rings. The predicted octanol–water partition coefficient (Wildman–Crippen LogP) is 3.16. The highest BCUT2D eigenvalue weighted by molar-refractivity contribution is 6.33. The lowest BCUT2D eigenvalue weighted by molar-refractivity contribution is 0.286. The summed E-state index contributed by atoms with van der Waals surface area (Å²) in [6.07, 6.45) is 4.05. The van der Waals surface area contributed by atoms with Gasteiger partial charge in [-0.1, -0.05) is 18.5 Å². The molecule has 0 spiro atoms. The summed E-state index contributed by atoms with van der Waals surface area (Å²) < 4.78 is 11.3. The molecule has 0 radical (unpaired) electrons. The Labute approximate surface area is 142 Å². The van der Waals surface area contributed by atoms with Gasteiger partial charge in [0.15, 0.2) is 6.73 Å². The van der Waals surface area contributed by atoms with Crippen molar-refractivity contribution < 1.29 is 9.15 Å². The van der Waals surface area contributed by atoms with Crippen molar-refractivity contribution in [2.75, 3.05) is 11.6 Å². The molecular weight excluding hydrogens is 330 g/mol. The van der Waals surface area contributed by atoms with E-state index in [2.05, 4.69) is 9.97 Å². The Morgan fingerprint density at radius 1 is 1.29 bits per heavy atom. The van der Waals surface area contributed by atoms with Crippen molar-refractivity contribution in [2.45, 2.75) is 19.9 Å². The van der Waals surface area contributed by atoms with Gasteiger partial charge in [0.1, 0.15) is 11.3 Å². The largest absolute Gasteiger partial charge is 0.471 e. The summed E-state index contributed by atoms with van der Waals surface area (Å²) in [7, 11) is 0. The number of anilines is 1. The highest BCUT2D eigenvalue weighted by Gasteiger charge is 2.26. The van der Waals surface area contributed by atoms with E-state index in [1.807, 2.05) is 11.8 Å². The first-order valence-electron chi connectivity index (χ1n) is 7.60. The van der Waals surface area contributed by atoms with Crippen LogP contribution in [0.4, 0.5) is 5.95 Å². The molecule has 0 amide bonds. The summed E-state index contributed by atoms with van der Waals surface area (Å²) in [4.78, 5) is 22.2. The molecule has 0 fully saturated rings. The zero-order chi connectivity index (χ0) is 16.7. The molecule has 0 N–H and O–H groups in total. The highest BCUT2D eigenvalue weighted by atomic mass is 35.5. The third-order valence-corrected chi connectivity index (χ3v) is 4.33. The quantitative estimate of drug-likeness (QED) is 0.666. The Balaban J connectivity index is 1.91. The molecule has 0 saturated heterocycles. The minimum absolute atomic E-state index is 0.278. The molecule has 7 heteroatoms. The molecule has 6 nitrogen and oxygen atoms in total. The van der Waals surface area contributed by atoms with Crippen LogP contribution in [0.5, 0.6) is 5.75 Å². The average Bonchev–Trinajstić information content (AvgIpc) is 2.62. The van der Waals surface area contributed by atoms with Crippen molar-refractivity contribution in [1.29, 1.82) is 0 Å². The van der Waals surface area contributed by atoms with Gasteiger partial charge in [-0.25, -0.2) is 14.8 Å². The number of hydrogen-bond donors (Lipinski definition) is 0. The fourth-order valence-corrected chi connectivity index (χ4v) is 3.20. The number of aryl methyl sites for hydroxylation is 1. The predicted molar refractivity (Wildman–Crippen MR) is 90.6 cm³/mol. The van der Waals surface area contributed by atoms with Crippen LogP contribution in [0.25, 0.3) is 11.0 Å². The van der Waals surface area contributed by atoms with E-state index in [0.717, 1.165) is 16.5 Å². The van der Waals surface area contributed by atoms with Gasteiger partial charge in [-0.2, -0.15) is 0 Å². The maximum atomic E-state index is 11.9. The first-order valence-corrected chi connectivity index (χ1v) is 7.98. The molecule has 0 atom stereocenters. The molecule has 4 rings (SSSR count). The third kappa shape index (κ3) is 2.39. The van der Waals surface area contributed by atoms with Crippen LogP contribution in [0.15, 0.2) is 39.8 Å². The molecule has 0 bridgehead atoms. The molecule has 24 heavy (non-hydrogen) atoms. The Kier molecular flexibility index (Phi) is 3.61. The number of hydrogen-bond acceptors (Lipinski definition) is 6. The van der Waals surface area contributed by atoms with Crippen molar-refractivity contribution in [3.05, 3.63) is 57.2 Å². The fraction of sp³-hybridized carbons (Fsp3) is 0.235. The lowest BCUT2D eigenvalue weighted by atomic mass is 10.0. The van der Waals surface area contributed by atoms with Crippen LogP contribution in [0.2, 0.25) is 5.02 Å². The molecule has 1 aliphatic rings. The Bertz CT molecular complexity index is 972. The van der Waals surface area contributed by atoms with Gasteiger partial charge in [0, 0.05) is 23.8 Å². The van der Waals surface area contributed by atoms with E-state index in [1.54, 1.807) is 24.5 Å². The van der Waals surface area contributed by atoms with E-state index in [9.17, 15) is 4.79 Å². The zero-order valence-electron chi connectivity index (χ0n) is 13.0. The lowest BCUT2D eigenvalue weighted by Crippen LogP contribution is -2.33. The summed E-state index contributed by atoms with van der Waals surface area (Å²) >= 11 is 6.39. The standard InChI is InChI=1S/C17H14ClN3O3/c1-2-10-6-14(22)24-15-11(10)7-13(18)16-12(15)8-21(9-23-16)17-19-4-3-5-20-17/h3-7H,2,8-9H2,1H3. The number of fused-ring (bicyclic) bond motifs is 3. The molecule has 1 aliphatic heterocycles. The average molecular weight is 344 g/mol. The van der Waals surface area contributed by atoms with E-state index in [1.165, 1.54) is 6.07 Å². The Morgan fingerprint density at radius 3 is 2.83 bits per heavy atom. The van der Waals surface area contributed by atoms with Crippen LogP contribution in [-0.4, -0.2) is 16.7 Å².